The van der Waals surface area contributed by atoms with Crippen molar-refractivity contribution < 1.29 is 18.7 Å². The van der Waals surface area contributed by atoms with Crippen LogP contribution in [0.4, 0.5) is 14.5 Å². The second-order valence-corrected chi connectivity index (χ2v) is 5.15. The molecule has 104 valence electrons. The summed E-state index contributed by atoms with van der Waals surface area (Å²) in [4.78, 5) is 11.9. The first-order chi connectivity index (χ1) is 9.38. The van der Waals surface area contributed by atoms with Gasteiger partial charge in [0.1, 0.15) is 17.4 Å². The van der Waals surface area contributed by atoms with Crippen molar-refractivity contribution in [3.63, 3.8) is 0 Å². The van der Waals surface area contributed by atoms with Gasteiger partial charge in [0.05, 0.1) is 15.7 Å². The maximum Gasteiger partial charge on any atom is 0.259 e. The van der Waals surface area contributed by atoms with E-state index in [2.05, 4.69) is 21.2 Å². The SMILES string of the molecule is O=C(Nc1cc(F)c(Br)cc1F)c1ccc(Cl)cc1O. The van der Waals surface area contributed by atoms with Crippen LogP contribution >= 0.6 is 27.5 Å². The zero-order valence-electron chi connectivity index (χ0n) is 9.75. The molecule has 0 saturated heterocycles. The van der Waals surface area contributed by atoms with Crippen molar-refractivity contribution in [2.75, 3.05) is 5.32 Å². The molecule has 0 fully saturated rings. The highest BCUT2D eigenvalue weighted by molar-refractivity contribution is 9.10. The third-order valence-electron chi connectivity index (χ3n) is 2.46. The Bertz CT molecular complexity index is 694. The van der Waals surface area contributed by atoms with E-state index in [1.165, 1.54) is 18.2 Å². The Kier molecular flexibility index (Phi) is 4.25. The second-order valence-electron chi connectivity index (χ2n) is 3.86. The minimum atomic E-state index is -0.805. The molecule has 0 aliphatic carbocycles. The van der Waals surface area contributed by atoms with E-state index in [9.17, 15) is 18.7 Å². The predicted octanol–water partition coefficient (Wildman–Crippen LogP) is 4.34. The molecule has 0 aliphatic rings. The van der Waals surface area contributed by atoms with Crippen LogP contribution in [0.15, 0.2) is 34.8 Å². The van der Waals surface area contributed by atoms with E-state index in [1.54, 1.807) is 0 Å². The molecule has 2 N–H and O–H groups in total. The number of hydrogen-bond acceptors (Lipinski definition) is 2. The number of nitrogens with one attached hydrogen (secondary N) is 1. The lowest BCUT2D eigenvalue weighted by molar-refractivity contribution is 0.102. The largest absolute Gasteiger partial charge is 0.507 e. The number of benzene rings is 2. The molecule has 7 heteroatoms. The molecule has 0 saturated carbocycles. The fourth-order valence-corrected chi connectivity index (χ4v) is 1.99. The van der Waals surface area contributed by atoms with Crippen LogP contribution in [-0.4, -0.2) is 11.0 Å². The number of carbonyl (C=O) groups is 1. The number of phenolic OH excluding ortho intramolecular Hbond substituents is 1. The Morgan fingerprint density at radius 1 is 1.20 bits per heavy atom. The van der Waals surface area contributed by atoms with Crippen LogP contribution in [0.25, 0.3) is 0 Å². The average molecular weight is 363 g/mol. The first-order valence-corrected chi connectivity index (χ1v) is 6.50. The van der Waals surface area contributed by atoms with Gasteiger partial charge in [-0.1, -0.05) is 11.6 Å². The number of hydrogen-bond donors (Lipinski definition) is 2. The second kappa shape index (κ2) is 5.76. The van der Waals surface area contributed by atoms with E-state index in [1.807, 2.05) is 0 Å². The lowest BCUT2D eigenvalue weighted by Gasteiger charge is -2.09. The van der Waals surface area contributed by atoms with Crippen LogP contribution in [0.2, 0.25) is 5.02 Å². The minimum absolute atomic E-state index is 0.0534. The van der Waals surface area contributed by atoms with Crippen molar-refractivity contribution in [3.8, 4) is 5.75 Å². The van der Waals surface area contributed by atoms with Crippen LogP contribution in [-0.2, 0) is 0 Å². The quantitative estimate of drug-likeness (QED) is 0.781. The summed E-state index contributed by atoms with van der Waals surface area (Å²) in [6, 6.07) is 5.58. The van der Waals surface area contributed by atoms with Crippen molar-refractivity contribution in [1.82, 2.24) is 0 Å². The molecule has 0 bridgehead atoms. The first kappa shape index (κ1) is 14.7. The average Bonchev–Trinajstić information content (AvgIpc) is 2.35. The molecule has 0 heterocycles. The summed E-state index contributed by atoms with van der Waals surface area (Å²) in [5.74, 6) is -2.66. The molecule has 0 radical (unpaired) electrons. The van der Waals surface area contributed by atoms with Gasteiger partial charge in [0.15, 0.2) is 0 Å². The van der Waals surface area contributed by atoms with Gasteiger partial charge >= 0.3 is 0 Å². The van der Waals surface area contributed by atoms with E-state index in [0.29, 0.717) is 0 Å². The number of halogens is 4. The van der Waals surface area contributed by atoms with E-state index in [4.69, 9.17) is 11.6 Å². The maximum absolute atomic E-state index is 13.6. The van der Waals surface area contributed by atoms with Crippen molar-refractivity contribution in [1.29, 1.82) is 0 Å². The number of amides is 1. The summed E-state index contributed by atoms with van der Waals surface area (Å²) in [6.45, 7) is 0. The van der Waals surface area contributed by atoms with Gasteiger partial charge in [-0.2, -0.15) is 0 Å². The molecule has 0 aliphatic heterocycles. The number of aromatic hydroxyl groups is 1. The van der Waals surface area contributed by atoms with E-state index in [0.717, 1.165) is 12.1 Å². The third kappa shape index (κ3) is 3.08. The Morgan fingerprint density at radius 3 is 2.55 bits per heavy atom. The molecule has 2 aromatic rings. The molecular weight excluding hydrogens is 356 g/mol. The Hall–Kier alpha value is -1.66. The van der Waals surface area contributed by atoms with Gasteiger partial charge in [0, 0.05) is 11.1 Å². The van der Waals surface area contributed by atoms with Gasteiger partial charge < -0.3 is 10.4 Å². The van der Waals surface area contributed by atoms with Crippen molar-refractivity contribution in [3.05, 3.63) is 57.0 Å². The third-order valence-corrected chi connectivity index (χ3v) is 3.31. The topological polar surface area (TPSA) is 49.3 Å². The smallest absolute Gasteiger partial charge is 0.259 e. The summed E-state index contributed by atoms with van der Waals surface area (Å²) in [5, 5.41) is 12.0. The molecule has 20 heavy (non-hydrogen) atoms. The standard InChI is InChI=1S/C13H7BrClF2NO2/c14-8-4-10(17)11(5-9(8)16)18-13(20)7-2-1-6(15)3-12(7)19/h1-5,19H,(H,18,20). The van der Waals surface area contributed by atoms with Crippen molar-refractivity contribution >= 4 is 39.1 Å². The first-order valence-electron chi connectivity index (χ1n) is 5.33. The fraction of sp³-hybridized carbons (Fsp3) is 0. The number of phenols is 1. The monoisotopic (exact) mass is 361 g/mol. The summed E-state index contributed by atoms with van der Waals surface area (Å²) in [5.41, 5.74) is -0.429. The lowest BCUT2D eigenvalue weighted by atomic mass is 10.2. The van der Waals surface area contributed by atoms with Crippen LogP contribution < -0.4 is 5.32 Å². The zero-order chi connectivity index (χ0) is 14.9. The minimum Gasteiger partial charge on any atom is -0.507 e. The molecule has 3 nitrogen and oxygen atoms in total. The van der Waals surface area contributed by atoms with Gasteiger partial charge in [-0.25, -0.2) is 8.78 Å². The summed E-state index contributed by atoms with van der Waals surface area (Å²) in [7, 11) is 0. The normalized spacial score (nSPS) is 10.4. The molecular formula is C13H7BrClF2NO2. The van der Waals surface area contributed by atoms with Crippen LogP contribution in [0.5, 0.6) is 5.75 Å². The Morgan fingerprint density at radius 2 is 1.90 bits per heavy atom. The molecule has 1 amide bonds. The van der Waals surface area contributed by atoms with Gasteiger partial charge in [-0.3, -0.25) is 4.79 Å². The van der Waals surface area contributed by atoms with Crippen LogP contribution in [0.3, 0.4) is 0 Å². The number of anilines is 1. The molecule has 0 aromatic heterocycles. The molecule has 2 rings (SSSR count). The lowest BCUT2D eigenvalue weighted by Crippen LogP contribution is -2.13. The molecule has 0 atom stereocenters. The molecule has 0 unspecified atom stereocenters. The highest BCUT2D eigenvalue weighted by atomic mass is 79.9. The summed E-state index contributed by atoms with van der Waals surface area (Å²) < 4.78 is 26.8. The summed E-state index contributed by atoms with van der Waals surface area (Å²) >= 11 is 8.47. The van der Waals surface area contributed by atoms with Crippen molar-refractivity contribution in [2.45, 2.75) is 0 Å². The zero-order valence-corrected chi connectivity index (χ0v) is 12.1. The van der Waals surface area contributed by atoms with Gasteiger partial charge in [-0.15, -0.1) is 0 Å². The van der Waals surface area contributed by atoms with Crippen LogP contribution in [0, 0.1) is 11.6 Å². The van der Waals surface area contributed by atoms with Gasteiger partial charge in [0.2, 0.25) is 0 Å². The fourth-order valence-electron chi connectivity index (χ4n) is 1.50. The van der Waals surface area contributed by atoms with Crippen LogP contribution in [0.1, 0.15) is 10.4 Å². The van der Waals surface area contributed by atoms with Crippen molar-refractivity contribution in [2.24, 2.45) is 0 Å². The Balaban J connectivity index is 2.30. The summed E-state index contributed by atoms with van der Waals surface area (Å²) in [6.07, 6.45) is 0. The van der Waals surface area contributed by atoms with E-state index in [-0.39, 0.29) is 26.5 Å². The molecule has 0 spiro atoms. The highest BCUT2D eigenvalue weighted by Gasteiger charge is 2.15. The van der Waals surface area contributed by atoms with E-state index >= 15 is 0 Å². The maximum atomic E-state index is 13.6. The molecule has 2 aromatic carbocycles. The number of rotatable bonds is 2. The van der Waals surface area contributed by atoms with Gasteiger partial charge in [-0.05, 0) is 40.2 Å². The number of carbonyl (C=O) groups excluding carboxylic acids is 1. The Labute approximate surface area is 126 Å². The highest BCUT2D eigenvalue weighted by Crippen LogP contribution is 2.26. The van der Waals surface area contributed by atoms with E-state index < -0.39 is 17.5 Å². The predicted molar refractivity (Wildman–Crippen MR) is 75.1 cm³/mol. The van der Waals surface area contributed by atoms with Gasteiger partial charge in [0.25, 0.3) is 5.91 Å².